The zero-order valence-corrected chi connectivity index (χ0v) is 17.5. The molecule has 0 radical (unpaired) electrons. The molecule has 176 valence electrons. The summed E-state index contributed by atoms with van der Waals surface area (Å²) >= 11 is 0. The Bertz CT molecular complexity index is 1370. The summed E-state index contributed by atoms with van der Waals surface area (Å²) in [6, 6.07) is 7.70. The number of halogens is 5. The van der Waals surface area contributed by atoms with Crippen LogP contribution >= 0.6 is 0 Å². The van der Waals surface area contributed by atoms with Gasteiger partial charge in [0, 0.05) is 18.3 Å². The number of fused-ring (bicyclic) bond motifs is 8. The van der Waals surface area contributed by atoms with Gasteiger partial charge in [-0.15, -0.1) is 0 Å². The highest BCUT2D eigenvalue weighted by atomic mass is 19.4. The molecule has 3 heterocycles. The highest BCUT2D eigenvalue weighted by Crippen LogP contribution is 2.43. The molecule has 34 heavy (non-hydrogen) atoms. The Morgan fingerprint density at radius 3 is 2.41 bits per heavy atom. The molecular formula is C23H17F5N4O2. The maximum Gasteiger partial charge on any atom is 0.419 e. The fourth-order valence-electron chi connectivity index (χ4n) is 4.33. The van der Waals surface area contributed by atoms with Crippen LogP contribution in [0.1, 0.15) is 27.9 Å². The van der Waals surface area contributed by atoms with E-state index in [1.165, 1.54) is 40.1 Å². The molecule has 3 aromatic rings. The van der Waals surface area contributed by atoms with Crippen molar-refractivity contribution in [2.24, 2.45) is 0 Å². The number of amides is 1. The number of pyridine rings is 1. The summed E-state index contributed by atoms with van der Waals surface area (Å²) in [7, 11) is 0. The van der Waals surface area contributed by atoms with Gasteiger partial charge in [-0.3, -0.25) is 14.5 Å². The van der Waals surface area contributed by atoms with Crippen molar-refractivity contribution in [3.63, 3.8) is 0 Å². The molecule has 0 unspecified atom stereocenters. The highest BCUT2D eigenvalue weighted by Gasteiger charge is 2.40. The number of carbonyl (C=O) groups excluding carboxylic acids is 1. The normalized spacial score (nSPS) is 15.6. The van der Waals surface area contributed by atoms with Gasteiger partial charge in [0.05, 0.1) is 22.5 Å². The lowest BCUT2D eigenvalue weighted by Crippen LogP contribution is -2.46. The number of rotatable bonds is 0. The lowest BCUT2D eigenvalue weighted by Gasteiger charge is -2.39. The third kappa shape index (κ3) is 3.66. The second-order valence-corrected chi connectivity index (χ2v) is 8.04. The topological polar surface area (TPSA) is 68.4 Å². The predicted molar refractivity (Wildman–Crippen MR) is 115 cm³/mol. The Balaban J connectivity index is 1.79. The molecule has 1 amide bonds. The lowest BCUT2D eigenvalue weighted by molar-refractivity contribution is -0.139. The molecule has 11 heteroatoms. The molecule has 2 aliphatic heterocycles. The molecule has 1 aromatic heterocycles. The summed E-state index contributed by atoms with van der Waals surface area (Å²) in [6.07, 6.45) is -4.12. The van der Waals surface area contributed by atoms with Crippen LogP contribution in [0.25, 0.3) is 0 Å². The van der Waals surface area contributed by atoms with Crippen LogP contribution < -0.4 is 20.7 Å². The molecule has 2 N–H and O–H groups in total. The highest BCUT2D eigenvalue weighted by molar-refractivity contribution is 6.13. The van der Waals surface area contributed by atoms with Crippen LogP contribution in [-0.4, -0.2) is 24.1 Å². The predicted octanol–water partition coefficient (Wildman–Crippen LogP) is 4.79. The van der Waals surface area contributed by atoms with E-state index in [0.29, 0.717) is 42.8 Å². The summed E-state index contributed by atoms with van der Waals surface area (Å²) in [5.74, 6) is -2.59. The minimum absolute atomic E-state index is 0.138. The van der Waals surface area contributed by atoms with Crippen molar-refractivity contribution in [3.8, 4) is 0 Å². The number of benzene rings is 2. The van der Waals surface area contributed by atoms with Gasteiger partial charge < -0.3 is 15.2 Å². The van der Waals surface area contributed by atoms with Gasteiger partial charge >= 0.3 is 6.18 Å². The Morgan fingerprint density at radius 2 is 1.65 bits per heavy atom. The first-order valence-corrected chi connectivity index (χ1v) is 10.4. The second-order valence-electron chi connectivity index (χ2n) is 8.04. The molecule has 0 saturated carbocycles. The van der Waals surface area contributed by atoms with E-state index in [2.05, 4.69) is 10.3 Å². The molecule has 0 fully saturated rings. The number of aromatic nitrogens is 1. The van der Waals surface area contributed by atoms with E-state index in [9.17, 15) is 31.5 Å². The lowest BCUT2D eigenvalue weighted by atomic mass is 10.0. The number of hydrogen-bond donors (Lipinski definition) is 2. The average Bonchev–Trinajstić information content (AvgIpc) is 2.79. The van der Waals surface area contributed by atoms with Gasteiger partial charge in [0.2, 0.25) is 5.56 Å². The molecule has 0 atom stereocenters. The average molecular weight is 476 g/mol. The molecule has 2 bridgehead atoms. The van der Waals surface area contributed by atoms with E-state index >= 15 is 0 Å². The van der Waals surface area contributed by atoms with Gasteiger partial charge in [-0.05, 0) is 54.8 Å². The van der Waals surface area contributed by atoms with E-state index in [4.69, 9.17) is 0 Å². The fraction of sp³-hybridized carbons (Fsp3) is 0.217. The van der Waals surface area contributed by atoms with Crippen molar-refractivity contribution in [1.82, 2.24) is 4.98 Å². The maximum atomic E-state index is 14.5. The van der Waals surface area contributed by atoms with Gasteiger partial charge in [0.25, 0.3) is 5.91 Å². The van der Waals surface area contributed by atoms with Crippen molar-refractivity contribution in [2.75, 3.05) is 28.3 Å². The van der Waals surface area contributed by atoms with E-state index in [1.807, 2.05) is 0 Å². The number of aromatic amines is 1. The monoisotopic (exact) mass is 476 g/mol. The second kappa shape index (κ2) is 7.86. The molecule has 0 aliphatic carbocycles. The summed E-state index contributed by atoms with van der Waals surface area (Å²) in [4.78, 5) is 30.6. The number of nitrogens with one attached hydrogen (secondary N) is 2. The number of nitrogens with zero attached hydrogens (tertiary/aromatic N) is 2. The van der Waals surface area contributed by atoms with Gasteiger partial charge in [-0.2, -0.15) is 13.2 Å². The zero-order chi connectivity index (χ0) is 24.2. The van der Waals surface area contributed by atoms with Gasteiger partial charge in [-0.1, -0.05) is 0 Å². The van der Waals surface area contributed by atoms with Gasteiger partial charge in [-0.25, -0.2) is 8.78 Å². The van der Waals surface area contributed by atoms with E-state index in [1.54, 1.807) is 0 Å². The largest absolute Gasteiger partial charge is 0.419 e. The first-order chi connectivity index (χ1) is 16.1. The minimum atomic E-state index is -4.98. The smallest absolute Gasteiger partial charge is 0.370 e. The summed E-state index contributed by atoms with van der Waals surface area (Å²) in [6.45, 7) is 0.124. The van der Waals surface area contributed by atoms with Crippen molar-refractivity contribution < 1.29 is 26.7 Å². The van der Waals surface area contributed by atoms with Crippen LogP contribution in [0.4, 0.5) is 44.8 Å². The van der Waals surface area contributed by atoms with Crippen LogP contribution in [0.15, 0.2) is 47.3 Å². The molecule has 6 nitrogen and oxygen atoms in total. The number of aryl methyl sites for hydroxylation is 1. The SMILES string of the molecule is O=C1c2cc(F)c(C(F)(F)F)cc2N2CN1c1ccc(=O)[nH]c1NCCCc1cc(F)ccc12. The molecule has 5 rings (SSSR count). The third-order valence-electron chi connectivity index (χ3n) is 5.88. The number of hydrogen-bond acceptors (Lipinski definition) is 4. The van der Waals surface area contributed by atoms with Crippen LogP contribution in [0.2, 0.25) is 0 Å². The third-order valence-corrected chi connectivity index (χ3v) is 5.88. The summed E-state index contributed by atoms with van der Waals surface area (Å²) < 4.78 is 69.0. The summed E-state index contributed by atoms with van der Waals surface area (Å²) in [5, 5.41) is 3.05. The van der Waals surface area contributed by atoms with Crippen molar-refractivity contribution in [2.45, 2.75) is 19.0 Å². The number of anilines is 4. The van der Waals surface area contributed by atoms with E-state index < -0.39 is 34.8 Å². The van der Waals surface area contributed by atoms with Crippen molar-refractivity contribution in [1.29, 1.82) is 0 Å². The van der Waals surface area contributed by atoms with Gasteiger partial charge in [0.1, 0.15) is 24.1 Å². The standard InChI is InChI=1S/C23H17F5N4O2/c24-13-3-4-17-12(8-13)2-1-7-29-21-18(5-6-20(33)30-21)32-11-31(17)19-10-15(23(26,27)28)16(25)9-14(19)22(32)34/h3-6,8-10H,1-2,7,11H2,(H2,29,30,33). The first kappa shape index (κ1) is 21.9. The molecule has 2 aliphatic rings. The molecular weight excluding hydrogens is 459 g/mol. The first-order valence-electron chi connectivity index (χ1n) is 10.4. The number of carbonyl (C=O) groups is 1. The van der Waals surface area contributed by atoms with Crippen molar-refractivity contribution >= 4 is 28.8 Å². The Hall–Kier alpha value is -3.89. The number of alkyl halides is 3. The zero-order valence-electron chi connectivity index (χ0n) is 17.5. The molecule has 0 spiro atoms. The van der Waals surface area contributed by atoms with Crippen LogP contribution in [0, 0.1) is 11.6 Å². The Kier molecular flexibility index (Phi) is 5.07. The van der Waals surface area contributed by atoms with E-state index in [-0.39, 0.29) is 29.4 Å². The Morgan fingerprint density at radius 1 is 0.882 bits per heavy atom. The number of H-pyrrole nitrogens is 1. The maximum absolute atomic E-state index is 14.5. The van der Waals surface area contributed by atoms with E-state index in [0.717, 1.165) is 0 Å². The van der Waals surface area contributed by atoms with Crippen LogP contribution in [-0.2, 0) is 12.6 Å². The van der Waals surface area contributed by atoms with Gasteiger partial charge in [0.15, 0.2) is 0 Å². The van der Waals surface area contributed by atoms with Crippen molar-refractivity contribution in [3.05, 3.63) is 81.1 Å². The molecule has 0 saturated heterocycles. The van der Waals surface area contributed by atoms with Crippen LogP contribution in [0.5, 0.6) is 0 Å². The van der Waals surface area contributed by atoms with Crippen LogP contribution in [0.3, 0.4) is 0 Å². The quantitative estimate of drug-likeness (QED) is 0.458. The minimum Gasteiger partial charge on any atom is -0.370 e. The fourth-order valence-corrected chi connectivity index (χ4v) is 4.33. The molecule has 2 aromatic carbocycles. The summed E-state index contributed by atoms with van der Waals surface area (Å²) in [5.41, 5.74) is -1.17. The Labute approximate surface area is 189 Å².